The monoisotopic (exact) mass is 770 g/mol. The summed E-state index contributed by atoms with van der Waals surface area (Å²) in [6, 6.07) is 26.3. The molecule has 0 saturated carbocycles. The van der Waals surface area contributed by atoms with Gasteiger partial charge in [-0.15, -0.1) is 35.3 Å². The molecule has 0 atom stereocenters. The Labute approximate surface area is 270 Å². The first-order chi connectivity index (χ1) is 20.2. The predicted octanol–water partition coefficient (Wildman–Crippen LogP) is 10.2. The molecule has 0 saturated heterocycles. The maximum Gasteiger partial charge on any atom is 2.00 e. The van der Waals surface area contributed by atoms with E-state index in [0.717, 1.165) is 62.0 Å². The maximum atomic E-state index is 13.1. The van der Waals surface area contributed by atoms with E-state index in [2.05, 4.69) is 81.8 Å². The van der Waals surface area contributed by atoms with Crippen molar-refractivity contribution >= 4 is 21.8 Å². The first-order valence-electron chi connectivity index (χ1n) is 14.3. The second-order valence-electron chi connectivity index (χ2n) is 13.1. The van der Waals surface area contributed by atoms with E-state index < -0.39 is 11.7 Å². The summed E-state index contributed by atoms with van der Waals surface area (Å²) in [5.41, 5.74) is 7.64. The van der Waals surface area contributed by atoms with Crippen LogP contribution in [0.15, 0.2) is 85.2 Å². The normalized spacial score (nSPS) is 12.5. The van der Waals surface area contributed by atoms with E-state index in [1.165, 1.54) is 11.6 Å². The summed E-state index contributed by atoms with van der Waals surface area (Å²) in [6.07, 6.45) is -1.78. The summed E-state index contributed by atoms with van der Waals surface area (Å²) < 4.78 is 39.4. The van der Waals surface area contributed by atoms with Crippen LogP contribution in [0.4, 0.5) is 13.2 Å². The molecule has 0 bridgehead atoms. The van der Waals surface area contributed by atoms with Crippen molar-refractivity contribution < 1.29 is 34.2 Å². The van der Waals surface area contributed by atoms with Gasteiger partial charge in [0.1, 0.15) is 0 Å². The van der Waals surface area contributed by atoms with E-state index in [1.54, 1.807) is 6.20 Å². The van der Waals surface area contributed by atoms with Gasteiger partial charge in [0.2, 0.25) is 0 Å². The molecule has 7 heteroatoms. The van der Waals surface area contributed by atoms with Crippen molar-refractivity contribution in [2.75, 3.05) is 0 Å². The smallest absolute Gasteiger partial charge is 0.662 e. The molecule has 0 aliphatic heterocycles. The van der Waals surface area contributed by atoms with Crippen LogP contribution in [0.1, 0.15) is 58.2 Å². The van der Waals surface area contributed by atoms with Crippen LogP contribution < -0.4 is 4.98 Å². The fraction of sp³-hybridized carbons (Fsp3) is 0.243. The largest absolute Gasteiger partial charge is 2.00 e. The average Bonchev–Trinajstić information content (AvgIpc) is 3.34. The number of aromatic nitrogens is 3. The molecule has 6 aromatic rings. The van der Waals surface area contributed by atoms with E-state index in [1.807, 2.05) is 36.4 Å². The van der Waals surface area contributed by atoms with Crippen LogP contribution in [0, 0.1) is 6.07 Å². The Morgan fingerprint density at radius 3 is 1.77 bits per heavy atom. The fourth-order valence-corrected chi connectivity index (χ4v) is 5.32. The van der Waals surface area contributed by atoms with E-state index in [9.17, 15) is 13.2 Å². The Hall–Kier alpha value is -3.76. The maximum absolute atomic E-state index is 13.1. The van der Waals surface area contributed by atoms with Crippen LogP contribution in [0.2, 0.25) is 0 Å². The van der Waals surface area contributed by atoms with Gasteiger partial charge < -0.3 is 4.98 Å². The van der Waals surface area contributed by atoms with Gasteiger partial charge in [0.05, 0.1) is 11.3 Å². The van der Waals surface area contributed by atoms with Gasteiger partial charge in [-0.3, -0.25) is 9.97 Å². The third-order valence-corrected chi connectivity index (χ3v) is 7.86. The zero-order valence-corrected chi connectivity index (χ0v) is 27.6. The van der Waals surface area contributed by atoms with Crippen molar-refractivity contribution in [2.24, 2.45) is 0 Å². The Morgan fingerprint density at radius 2 is 1.23 bits per heavy atom. The zero-order valence-electron chi connectivity index (χ0n) is 25.4. The van der Waals surface area contributed by atoms with Crippen molar-refractivity contribution in [3.8, 4) is 33.6 Å². The van der Waals surface area contributed by atoms with Gasteiger partial charge in [-0.2, -0.15) is 18.7 Å². The van der Waals surface area contributed by atoms with Gasteiger partial charge in [0.15, 0.2) is 0 Å². The van der Waals surface area contributed by atoms with Crippen LogP contribution in [0.25, 0.3) is 55.4 Å². The Morgan fingerprint density at radius 1 is 0.614 bits per heavy atom. The number of rotatable bonds is 3. The molecule has 0 aliphatic rings. The molecule has 0 amide bonds. The summed E-state index contributed by atoms with van der Waals surface area (Å²) >= 11 is 0. The molecule has 0 spiro atoms. The third-order valence-electron chi connectivity index (χ3n) is 7.86. The predicted molar refractivity (Wildman–Crippen MR) is 168 cm³/mol. The minimum Gasteiger partial charge on any atom is -0.662 e. The summed E-state index contributed by atoms with van der Waals surface area (Å²) in [4.78, 5) is 14.0. The van der Waals surface area contributed by atoms with Crippen LogP contribution in [0.3, 0.4) is 0 Å². The number of pyridine rings is 2. The molecular weight excluding hydrogens is 739 g/mol. The minimum atomic E-state index is -4.44. The molecule has 0 unspecified atom stereocenters. The Kier molecular flexibility index (Phi) is 8.13. The van der Waals surface area contributed by atoms with E-state index in [4.69, 9.17) is 4.98 Å². The van der Waals surface area contributed by atoms with Crippen LogP contribution in [-0.4, -0.2) is 9.97 Å². The van der Waals surface area contributed by atoms with Crippen molar-refractivity contribution in [1.29, 1.82) is 0 Å². The number of fused-ring (bicyclic) bond motifs is 3. The van der Waals surface area contributed by atoms with Gasteiger partial charge in [-0.05, 0) is 50.4 Å². The van der Waals surface area contributed by atoms with E-state index in [-0.39, 0.29) is 31.9 Å². The molecule has 0 radical (unpaired) electrons. The Balaban J connectivity index is 0.00000384. The number of nitrogens with zero attached hydrogens (tertiary/aromatic N) is 3. The molecule has 226 valence electrons. The fourth-order valence-electron chi connectivity index (χ4n) is 5.32. The number of alkyl halides is 3. The quantitative estimate of drug-likeness (QED) is 0.168. The van der Waals surface area contributed by atoms with Crippen molar-refractivity contribution in [3.05, 3.63) is 108 Å². The molecule has 3 aromatic heterocycles. The molecule has 0 aliphatic carbocycles. The Bertz CT molecular complexity index is 1960. The van der Waals surface area contributed by atoms with E-state index >= 15 is 0 Å². The number of halogens is 3. The number of hydrogen-bond donors (Lipinski definition) is 0. The van der Waals surface area contributed by atoms with Crippen LogP contribution in [0.5, 0.6) is 0 Å². The van der Waals surface area contributed by atoms with Gasteiger partial charge in [-0.1, -0.05) is 95.1 Å². The summed E-state index contributed by atoms with van der Waals surface area (Å²) in [7, 11) is 0. The average molecular weight is 771 g/mol. The summed E-state index contributed by atoms with van der Waals surface area (Å²) in [5.74, 6) is 0. The van der Waals surface area contributed by atoms with Crippen molar-refractivity contribution in [1.82, 2.24) is 15.0 Å². The molecule has 3 aromatic carbocycles. The number of benzene rings is 3. The topological polar surface area (TPSA) is 39.9 Å². The summed E-state index contributed by atoms with van der Waals surface area (Å²) in [5, 5.41) is 2.11. The van der Waals surface area contributed by atoms with Crippen molar-refractivity contribution in [3.63, 3.8) is 0 Å². The summed E-state index contributed by atoms with van der Waals surface area (Å²) in [6.45, 7) is 13.2. The van der Waals surface area contributed by atoms with Gasteiger partial charge >= 0.3 is 27.2 Å². The standard InChI is InChI=1S/C37H32F3N3.Pt/c1-35(2,3)25-17-27(22-10-9-11-23(16-22)31-14-13-24(21-42-31)37(38,39)40)33-28(18-25)29-19-26(36(4,5)6)20-30(34(29)43-33)32-12-7-8-15-41-32;/h7-15,17-21H,1-6H3;/q-2;+2. The number of hydrogen-bond acceptors (Lipinski definition) is 2. The van der Waals surface area contributed by atoms with E-state index in [0.29, 0.717) is 11.3 Å². The van der Waals surface area contributed by atoms with Crippen molar-refractivity contribution in [2.45, 2.75) is 58.5 Å². The van der Waals surface area contributed by atoms with Gasteiger partial charge in [0.25, 0.3) is 0 Å². The van der Waals surface area contributed by atoms with Crippen LogP contribution >= 0.6 is 0 Å². The molecule has 3 heterocycles. The molecule has 3 nitrogen and oxygen atoms in total. The molecular formula is C37H32F3N3Pt. The second kappa shape index (κ2) is 11.3. The third kappa shape index (κ3) is 5.97. The van der Waals surface area contributed by atoms with Gasteiger partial charge in [0, 0.05) is 18.1 Å². The first-order valence-corrected chi connectivity index (χ1v) is 14.3. The molecule has 6 rings (SSSR count). The molecule has 0 fully saturated rings. The molecule has 44 heavy (non-hydrogen) atoms. The first kappa shape index (κ1) is 31.7. The van der Waals surface area contributed by atoms with Crippen LogP contribution in [-0.2, 0) is 38.1 Å². The van der Waals surface area contributed by atoms with Gasteiger partial charge in [-0.25, -0.2) is 0 Å². The second-order valence-corrected chi connectivity index (χ2v) is 13.1. The SMILES string of the molecule is CC(C)(C)c1cc(-c2[c-]c(-c3ccc(C(F)(F)F)cn3)ccc2)c2[n-]c3c(-c4ccccn4)cc(C(C)(C)C)cc3c2c1.[Pt+2]. The molecule has 0 N–H and O–H groups in total. The minimum absolute atomic E-state index is 0. The zero-order chi connectivity index (χ0) is 30.7.